The number of ketones is 1. The second kappa shape index (κ2) is 13.4. The molecule has 4 aliphatic rings. The van der Waals surface area contributed by atoms with Crippen LogP contribution >= 0.6 is 0 Å². The first-order valence-electron chi connectivity index (χ1n) is 13.8. The van der Waals surface area contributed by atoms with Crippen LogP contribution in [0.25, 0.3) is 6.08 Å². The number of aliphatic hydroxyl groups excluding tert-OH is 8. The van der Waals surface area contributed by atoms with E-state index in [1.807, 2.05) is 0 Å². The van der Waals surface area contributed by atoms with E-state index in [-0.39, 0.29) is 45.7 Å². The minimum absolute atomic E-state index is 0.0233. The molecule has 0 saturated carbocycles. The molecular formula is C29H34O16. The number of allylic oxidation sites excluding steroid dienone is 4. The highest BCUT2D eigenvalue weighted by Gasteiger charge is 2.47. The Balaban J connectivity index is 1.60. The molecule has 45 heavy (non-hydrogen) atoms. The molecule has 0 unspecified atom stereocenters. The molecule has 1 aromatic rings. The van der Waals surface area contributed by atoms with Crippen LogP contribution in [0.1, 0.15) is 5.56 Å². The molecule has 2 fully saturated rings. The first-order chi connectivity index (χ1) is 21.5. The fourth-order valence-electron chi connectivity index (χ4n) is 5.05. The monoisotopic (exact) mass is 638 g/mol. The van der Waals surface area contributed by atoms with Gasteiger partial charge in [0.25, 0.3) is 0 Å². The van der Waals surface area contributed by atoms with Crippen LogP contribution < -0.4 is 14.2 Å². The van der Waals surface area contributed by atoms with Gasteiger partial charge < -0.3 is 74.0 Å². The number of aliphatic hydroxyl groups is 8. The maximum absolute atomic E-state index is 12.2. The molecule has 0 amide bonds. The van der Waals surface area contributed by atoms with E-state index in [9.17, 15) is 45.6 Å². The summed E-state index contributed by atoms with van der Waals surface area (Å²) in [4.78, 5) is 12.2. The van der Waals surface area contributed by atoms with E-state index in [1.54, 1.807) is 0 Å². The van der Waals surface area contributed by atoms with Gasteiger partial charge in [-0.25, -0.2) is 0 Å². The predicted octanol–water partition coefficient (Wildman–Crippen LogP) is -2.65. The Morgan fingerprint density at radius 1 is 0.711 bits per heavy atom. The second-order valence-corrected chi connectivity index (χ2v) is 10.5. The first kappa shape index (κ1) is 32.8. The molecule has 0 spiro atoms. The number of benzene rings is 1. The van der Waals surface area contributed by atoms with E-state index < -0.39 is 80.4 Å². The Labute approximate surface area is 255 Å². The molecule has 3 aliphatic heterocycles. The van der Waals surface area contributed by atoms with Crippen LogP contribution in [-0.2, 0) is 23.7 Å². The summed E-state index contributed by atoms with van der Waals surface area (Å²) in [7, 11) is 2.67. The highest BCUT2D eigenvalue weighted by Crippen LogP contribution is 2.44. The molecule has 0 bridgehead atoms. The van der Waals surface area contributed by atoms with Crippen molar-refractivity contribution in [2.24, 2.45) is 0 Å². The van der Waals surface area contributed by atoms with Gasteiger partial charge in [0.2, 0.25) is 18.4 Å². The number of rotatable bonds is 8. The Hall–Kier alpha value is -3.55. The van der Waals surface area contributed by atoms with Gasteiger partial charge >= 0.3 is 0 Å². The highest BCUT2D eigenvalue weighted by molar-refractivity contribution is 6.04. The number of carbonyl (C=O) groups excluding carboxylic acids is 1. The SMILES string of the molecule is COC1=CC(=C2Oc3cc(OC)cc(O[C@@H]4O[C@H](CO)[C@@H](O)[C@H](O)[C@H]4O)c3C=C2O[C@@H]2O[C@H](CO)[C@@H](O)[C@H](O)[C@H]2O)C=CC1=O. The number of fused-ring (bicyclic) bond motifs is 1. The molecule has 0 aromatic heterocycles. The number of hydrogen-bond donors (Lipinski definition) is 8. The molecule has 0 radical (unpaired) electrons. The normalized spacial score (nSPS) is 36.4. The summed E-state index contributed by atoms with van der Waals surface area (Å²) in [5.74, 6) is -0.340. The van der Waals surface area contributed by atoms with Gasteiger partial charge in [0.15, 0.2) is 17.3 Å². The van der Waals surface area contributed by atoms with Crippen LogP contribution in [0.5, 0.6) is 17.2 Å². The number of methoxy groups -OCH3 is 2. The van der Waals surface area contributed by atoms with Crippen LogP contribution in [-0.4, -0.2) is 135 Å². The molecule has 16 heteroatoms. The Kier molecular flexibility index (Phi) is 9.80. The Morgan fingerprint density at radius 2 is 1.31 bits per heavy atom. The van der Waals surface area contributed by atoms with Crippen molar-refractivity contribution in [2.45, 2.75) is 61.4 Å². The molecule has 16 nitrogen and oxygen atoms in total. The molecule has 5 rings (SSSR count). The van der Waals surface area contributed by atoms with Crippen molar-refractivity contribution in [1.29, 1.82) is 0 Å². The smallest absolute Gasteiger partial charge is 0.229 e. The lowest BCUT2D eigenvalue weighted by Crippen LogP contribution is -2.60. The Bertz CT molecular complexity index is 1400. The van der Waals surface area contributed by atoms with Gasteiger partial charge in [-0.2, -0.15) is 0 Å². The zero-order chi connectivity index (χ0) is 32.6. The quantitative estimate of drug-likeness (QED) is 0.145. The van der Waals surface area contributed by atoms with Gasteiger partial charge in [-0.3, -0.25) is 4.79 Å². The van der Waals surface area contributed by atoms with Crippen molar-refractivity contribution in [2.75, 3.05) is 27.4 Å². The summed E-state index contributed by atoms with van der Waals surface area (Å²) in [6.45, 7) is -1.40. The molecule has 1 aromatic carbocycles. The zero-order valence-corrected chi connectivity index (χ0v) is 24.0. The maximum atomic E-state index is 12.2. The third-order valence-corrected chi connectivity index (χ3v) is 7.63. The lowest BCUT2D eigenvalue weighted by atomic mass is 9.98. The standard InChI is InChI=1S/C29H34O16/c1-39-12-6-15-13(16(7-12)42-28-25(37)23(35)21(33)19(9-30)44-28)8-18(27(41-15)11-3-4-14(32)17(5-11)40-2)43-29-26(38)24(36)22(34)20(10-31)45-29/h3-8,19-26,28-31,33-38H,9-10H2,1-2H3/t19-,20-,21-,22-,23+,24+,25-,26-,28-,29-/m1/s1. The maximum Gasteiger partial charge on any atom is 0.229 e. The lowest BCUT2D eigenvalue weighted by Gasteiger charge is -2.40. The molecule has 2 saturated heterocycles. The fourth-order valence-corrected chi connectivity index (χ4v) is 5.05. The van der Waals surface area contributed by atoms with E-state index in [2.05, 4.69) is 0 Å². The molecule has 10 atom stereocenters. The van der Waals surface area contributed by atoms with Gasteiger partial charge in [0.05, 0.1) is 33.0 Å². The van der Waals surface area contributed by atoms with E-state index in [4.69, 9.17) is 33.2 Å². The molecule has 1 aliphatic carbocycles. The van der Waals surface area contributed by atoms with Crippen LogP contribution in [0.3, 0.4) is 0 Å². The summed E-state index contributed by atoms with van der Waals surface area (Å²) < 4.78 is 39.6. The zero-order valence-electron chi connectivity index (χ0n) is 24.0. The van der Waals surface area contributed by atoms with Crippen molar-refractivity contribution in [1.82, 2.24) is 0 Å². The van der Waals surface area contributed by atoms with Gasteiger partial charge in [0, 0.05) is 17.7 Å². The van der Waals surface area contributed by atoms with Crippen LogP contribution in [0.15, 0.2) is 53.2 Å². The summed E-state index contributed by atoms with van der Waals surface area (Å²) in [5.41, 5.74) is 0.427. The third-order valence-electron chi connectivity index (χ3n) is 7.63. The van der Waals surface area contributed by atoms with Crippen molar-refractivity contribution >= 4 is 11.9 Å². The summed E-state index contributed by atoms with van der Waals surface area (Å²) in [6, 6.07) is 2.88. The van der Waals surface area contributed by atoms with Gasteiger partial charge in [0.1, 0.15) is 66.1 Å². The van der Waals surface area contributed by atoms with Crippen LogP contribution in [0, 0.1) is 0 Å². The number of hydrogen-bond acceptors (Lipinski definition) is 16. The fraction of sp³-hybridized carbons (Fsp3) is 0.483. The summed E-state index contributed by atoms with van der Waals surface area (Å²) in [5, 5.41) is 81.4. The molecule has 246 valence electrons. The minimum atomic E-state index is -1.79. The van der Waals surface area contributed by atoms with Crippen molar-refractivity contribution < 1.29 is 78.8 Å². The van der Waals surface area contributed by atoms with E-state index in [0.29, 0.717) is 0 Å². The predicted molar refractivity (Wildman–Crippen MR) is 147 cm³/mol. The van der Waals surface area contributed by atoms with Crippen molar-refractivity contribution in [3.05, 3.63) is 58.8 Å². The van der Waals surface area contributed by atoms with E-state index >= 15 is 0 Å². The minimum Gasteiger partial charge on any atom is -0.496 e. The van der Waals surface area contributed by atoms with E-state index in [0.717, 1.165) is 0 Å². The number of carbonyl (C=O) groups is 1. The average Bonchev–Trinajstić information content (AvgIpc) is 3.05. The second-order valence-electron chi connectivity index (χ2n) is 10.5. The highest BCUT2D eigenvalue weighted by atomic mass is 16.7. The molecule has 3 heterocycles. The molecular weight excluding hydrogens is 604 g/mol. The largest absolute Gasteiger partial charge is 0.496 e. The lowest BCUT2D eigenvalue weighted by molar-refractivity contribution is -0.291. The summed E-state index contributed by atoms with van der Waals surface area (Å²) >= 11 is 0. The molecule has 8 N–H and O–H groups in total. The topological polar surface area (TPSA) is 244 Å². The Morgan fingerprint density at radius 3 is 1.87 bits per heavy atom. The van der Waals surface area contributed by atoms with Gasteiger partial charge in [-0.15, -0.1) is 0 Å². The van der Waals surface area contributed by atoms with E-state index in [1.165, 1.54) is 50.7 Å². The van der Waals surface area contributed by atoms with Crippen molar-refractivity contribution in [3.8, 4) is 17.2 Å². The van der Waals surface area contributed by atoms with Crippen LogP contribution in [0.2, 0.25) is 0 Å². The van der Waals surface area contributed by atoms with Crippen LogP contribution in [0.4, 0.5) is 0 Å². The van der Waals surface area contributed by atoms with Crippen molar-refractivity contribution in [3.63, 3.8) is 0 Å². The van der Waals surface area contributed by atoms with Gasteiger partial charge in [-0.05, 0) is 24.3 Å². The van der Waals surface area contributed by atoms with Gasteiger partial charge in [-0.1, -0.05) is 0 Å². The third kappa shape index (κ3) is 6.30. The summed E-state index contributed by atoms with van der Waals surface area (Å²) in [6.07, 6.45) is -10.7. The average molecular weight is 639 g/mol. The number of ether oxygens (including phenoxy) is 7. The first-order valence-corrected chi connectivity index (χ1v) is 13.8.